The van der Waals surface area contributed by atoms with E-state index in [-0.39, 0.29) is 5.79 Å². The lowest BCUT2D eigenvalue weighted by molar-refractivity contribution is -0.193. The summed E-state index contributed by atoms with van der Waals surface area (Å²) < 4.78 is 12.4. The lowest BCUT2D eigenvalue weighted by Gasteiger charge is -2.31. The highest BCUT2D eigenvalue weighted by atomic mass is 16.8. The summed E-state index contributed by atoms with van der Waals surface area (Å²) in [5.74, 6) is -0.182. The number of piperidine rings is 1. The Labute approximate surface area is 91.7 Å². The van der Waals surface area contributed by atoms with Crippen LogP contribution in [0.3, 0.4) is 0 Å². The van der Waals surface area contributed by atoms with Crippen molar-refractivity contribution in [3.8, 4) is 0 Å². The van der Waals surface area contributed by atoms with Crippen molar-refractivity contribution in [2.75, 3.05) is 20.1 Å². The fraction of sp³-hybridized carbons (Fsp3) is 1.00. The summed E-state index contributed by atoms with van der Waals surface area (Å²) in [6.07, 6.45) is 7.98. The Hall–Kier alpha value is -0.120. The predicted octanol–water partition coefficient (Wildman–Crippen LogP) is 1.77. The van der Waals surface area contributed by atoms with E-state index in [1.807, 2.05) is 0 Å². The zero-order valence-corrected chi connectivity index (χ0v) is 9.58. The number of hydrogen-bond acceptors (Lipinski definition) is 3. The molecule has 0 aromatic rings. The second-order valence-corrected chi connectivity index (χ2v) is 5.33. The molecule has 2 saturated heterocycles. The molecular weight excluding hydrogens is 190 g/mol. The second-order valence-electron chi connectivity index (χ2n) is 5.33. The molecule has 3 aliphatic rings. The molecule has 0 amide bonds. The Morgan fingerprint density at radius 2 is 1.80 bits per heavy atom. The Balaban J connectivity index is 1.70. The zero-order chi connectivity index (χ0) is 10.3. The minimum Gasteiger partial charge on any atom is -0.344 e. The average molecular weight is 211 g/mol. The van der Waals surface area contributed by atoms with Gasteiger partial charge in [0.25, 0.3) is 0 Å². The molecule has 3 rings (SSSR count). The van der Waals surface area contributed by atoms with Crippen molar-refractivity contribution in [1.29, 1.82) is 0 Å². The van der Waals surface area contributed by atoms with E-state index in [0.717, 1.165) is 32.4 Å². The number of hydrogen-bond donors (Lipinski definition) is 0. The average Bonchev–Trinajstić information content (AvgIpc) is 2.56. The molecule has 3 heteroatoms. The van der Waals surface area contributed by atoms with E-state index in [1.165, 1.54) is 19.3 Å². The van der Waals surface area contributed by atoms with Gasteiger partial charge in [0.15, 0.2) is 5.79 Å². The van der Waals surface area contributed by atoms with Gasteiger partial charge >= 0.3 is 0 Å². The summed E-state index contributed by atoms with van der Waals surface area (Å²) in [5.41, 5.74) is 0. The molecule has 3 fully saturated rings. The van der Waals surface area contributed by atoms with Crippen molar-refractivity contribution >= 4 is 0 Å². The molecule has 0 aromatic carbocycles. The van der Waals surface area contributed by atoms with Gasteiger partial charge in [0.05, 0.1) is 12.2 Å². The number of ether oxygens (including phenoxy) is 2. The maximum absolute atomic E-state index is 6.20. The van der Waals surface area contributed by atoms with Gasteiger partial charge in [0, 0.05) is 25.9 Å². The monoisotopic (exact) mass is 211 g/mol. The molecule has 0 bridgehead atoms. The van der Waals surface area contributed by atoms with Gasteiger partial charge < -0.3 is 14.4 Å². The first-order valence-corrected chi connectivity index (χ1v) is 6.32. The van der Waals surface area contributed by atoms with Crippen molar-refractivity contribution in [1.82, 2.24) is 4.90 Å². The van der Waals surface area contributed by atoms with Crippen LogP contribution in [0.15, 0.2) is 0 Å². The lowest BCUT2D eigenvalue weighted by atomic mass is 9.94. The second kappa shape index (κ2) is 3.72. The van der Waals surface area contributed by atoms with Crippen LogP contribution in [0.1, 0.15) is 38.5 Å². The van der Waals surface area contributed by atoms with Crippen molar-refractivity contribution in [3.63, 3.8) is 0 Å². The molecule has 3 nitrogen and oxygen atoms in total. The van der Waals surface area contributed by atoms with Crippen molar-refractivity contribution in [2.45, 2.75) is 56.5 Å². The first-order valence-electron chi connectivity index (χ1n) is 6.32. The van der Waals surface area contributed by atoms with E-state index in [0.29, 0.717) is 12.2 Å². The van der Waals surface area contributed by atoms with E-state index >= 15 is 0 Å². The molecule has 1 aliphatic carbocycles. The maximum atomic E-state index is 6.20. The molecule has 1 saturated carbocycles. The summed E-state index contributed by atoms with van der Waals surface area (Å²) in [5, 5.41) is 0. The highest BCUT2D eigenvalue weighted by Crippen LogP contribution is 2.42. The molecule has 2 aliphatic heterocycles. The SMILES string of the molecule is CN1CCC2OC3(CCCCC3)OC2C1. The first-order chi connectivity index (χ1) is 7.27. The van der Waals surface area contributed by atoms with Gasteiger partial charge in [-0.25, -0.2) is 0 Å². The van der Waals surface area contributed by atoms with Crippen molar-refractivity contribution in [2.24, 2.45) is 0 Å². The Kier molecular flexibility index (Phi) is 2.49. The van der Waals surface area contributed by atoms with E-state index in [1.54, 1.807) is 0 Å². The molecule has 15 heavy (non-hydrogen) atoms. The molecule has 1 spiro atoms. The lowest BCUT2D eigenvalue weighted by Crippen LogP contribution is -2.43. The van der Waals surface area contributed by atoms with Gasteiger partial charge in [0.2, 0.25) is 0 Å². The topological polar surface area (TPSA) is 21.7 Å². The Morgan fingerprint density at radius 1 is 1.07 bits per heavy atom. The third kappa shape index (κ3) is 1.81. The fourth-order valence-electron chi connectivity index (χ4n) is 3.20. The third-order valence-corrected chi connectivity index (χ3v) is 4.05. The summed E-state index contributed by atoms with van der Waals surface area (Å²) in [6, 6.07) is 0. The molecule has 2 atom stereocenters. The predicted molar refractivity (Wildman–Crippen MR) is 57.7 cm³/mol. The number of likely N-dealkylation sites (tertiary alicyclic amines) is 1. The first kappa shape index (κ1) is 10.1. The minimum absolute atomic E-state index is 0.182. The normalized spacial score (nSPS) is 40.6. The third-order valence-electron chi connectivity index (χ3n) is 4.05. The minimum atomic E-state index is -0.182. The highest BCUT2D eigenvalue weighted by Gasteiger charge is 2.49. The van der Waals surface area contributed by atoms with Crippen molar-refractivity contribution in [3.05, 3.63) is 0 Å². The largest absolute Gasteiger partial charge is 0.344 e. The number of rotatable bonds is 0. The molecule has 86 valence electrons. The summed E-state index contributed by atoms with van der Waals surface area (Å²) >= 11 is 0. The smallest absolute Gasteiger partial charge is 0.169 e. The fourth-order valence-corrected chi connectivity index (χ4v) is 3.20. The van der Waals surface area contributed by atoms with Gasteiger partial charge in [-0.3, -0.25) is 0 Å². The molecule has 2 heterocycles. The molecule has 0 aromatic heterocycles. The van der Waals surface area contributed by atoms with Crippen LogP contribution >= 0.6 is 0 Å². The van der Waals surface area contributed by atoms with Crippen LogP contribution in [0.5, 0.6) is 0 Å². The van der Waals surface area contributed by atoms with Crippen LogP contribution in [-0.2, 0) is 9.47 Å². The van der Waals surface area contributed by atoms with Crippen LogP contribution < -0.4 is 0 Å². The number of likely N-dealkylation sites (N-methyl/N-ethyl adjacent to an activating group) is 1. The van der Waals surface area contributed by atoms with Crippen molar-refractivity contribution < 1.29 is 9.47 Å². The van der Waals surface area contributed by atoms with Crippen LogP contribution in [0, 0.1) is 0 Å². The van der Waals surface area contributed by atoms with Gasteiger partial charge in [0.1, 0.15) is 0 Å². The molecule has 0 N–H and O–H groups in total. The Morgan fingerprint density at radius 3 is 2.60 bits per heavy atom. The van der Waals surface area contributed by atoms with Crippen LogP contribution in [0.4, 0.5) is 0 Å². The number of nitrogens with zero attached hydrogens (tertiary/aromatic N) is 1. The maximum Gasteiger partial charge on any atom is 0.169 e. The molecule has 0 radical (unpaired) electrons. The Bertz CT molecular complexity index is 238. The summed E-state index contributed by atoms with van der Waals surface area (Å²) in [7, 11) is 2.17. The number of fused-ring (bicyclic) bond motifs is 1. The highest BCUT2D eigenvalue weighted by molar-refractivity contribution is 4.92. The quantitative estimate of drug-likeness (QED) is 0.609. The zero-order valence-electron chi connectivity index (χ0n) is 9.58. The van der Waals surface area contributed by atoms with Crippen LogP contribution in [0.2, 0.25) is 0 Å². The van der Waals surface area contributed by atoms with Gasteiger partial charge in [-0.15, -0.1) is 0 Å². The van der Waals surface area contributed by atoms with Gasteiger partial charge in [-0.1, -0.05) is 6.42 Å². The standard InChI is InChI=1S/C12H21NO2/c1-13-8-5-10-11(9-13)15-12(14-10)6-3-2-4-7-12/h10-11H,2-9H2,1H3. The van der Waals surface area contributed by atoms with Gasteiger partial charge in [-0.2, -0.15) is 0 Å². The van der Waals surface area contributed by atoms with E-state index < -0.39 is 0 Å². The summed E-state index contributed by atoms with van der Waals surface area (Å²) in [4.78, 5) is 2.35. The summed E-state index contributed by atoms with van der Waals surface area (Å²) in [6.45, 7) is 2.20. The molecular formula is C12H21NO2. The van der Waals surface area contributed by atoms with E-state index in [9.17, 15) is 0 Å². The van der Waals surface area contributed by atoms with E-state index in [2.05, 4.69) is 11.9 Å². The van der Waals surface area contributed by atoms with Crippen LogP contribution in [-0.4, -0.2) is 43.0 Å². The van der Waals surface area contributed by atoms with E-state index in [4.69, 9.17) is 9.47 Å². The molecule has 2 unspecified atom stereocenters. The van der Waals surface area contributed by atoms with Gasteiger partial charge in [-0.05, 0) is 26.3 Å². The van der Waals surface area contributed by atoms with Crippen LogP contribution in [0.25, 0.3) is 0 Å².